The van der Waals surface area contributed by atoms with E-state index in [-0.39, 0.29) is 0 Å². The van der Waals surface area contributed by atoms with Crippen LogP contribution in [0.3, 0.4) is 0 Å². The molecule has 6 heteroatoms. The van der Waals surface area contributed by atoms with Crippen LogP contribution in [0, 0.1) is 0 Å². The van der Waals surface area contributed by atoms with Gasteiger partial charge in [0.1, 0.15) is 0 Å². The maximum atomic E-state index is 11.0. The quantitative estimate of drug-likeness (QED) is 0.848. The predicted molar refractivity (Wildman–Crippen MR) is 63.5 cm³/mol. The van der Waals surface area contributed by atoms with Crippen molar-refractivity contribution in [3.63, 3.8) is 0 Å². The SMILES string of the molecule is CC(C)(CS(=O)(=O)O)c1noc2ccccc12. The molecule has 0 radical (unpaired) electrons. The largest absolute Gasteiger partial charge is 0.356 e. The fourth-order valence-corrected chi connectivity index (χ4v) is 2.95. The minimum atomic E-state index is -4.06. The van der Waals surface area contributed by atoms with Crippen molar-refractivity contribution < 1.29 is 17.5 Å². The Hall–Kier alpha value is -1.40. The summed E-state index contributed by atoms with van der Waals surface area (Å²) in [6.07, 6.45) is 0. The number of hydrogen-bond acceptors (Lipinski definition) is 4. The Morgan fingerprint density at radius 3 is 2.65 bits per heavy atom. The molecule has 0 spiro atoms. The van der Waals surface area contributed by atoms with Crippen LogP contribution in [0.25, 0.3) is 11.0 Å². The van der Waals surface area contributed by atoms with E-state index < -0.39 is 21.3 Å². The average molecular weight is 255 g/mol. The molecule has 1 aromatic carbocycles. The summed E-state index contributed by atoms with van der Waals surface area (Å²) < 4.78 is 36.0. The molecule has 92 valence electrons. The van der Waals surface area contributed by atoms with Crippen LogP contribution in [0.2, 0.25) is 0 Å². The number of rotatable bonds is 3. The maximum absolute atomic E-state index is 11.0. The standard InChI is InChI=1S/C11H13NO4S/c1-11(2,7-17(13,14)15)10-8-5-3-4-6-9(8)16-12-10/h3-6H,7H2,1-2H3,(H,13,14,15). The Morgan fingerprint density at radius 2 is 2.00 bits per heavy atom. The zero-order valence-corrected chi connectivity index (χ0v) is 10.4. The second-order valence-electron chi connectivity index (χ2n) is 4.64. The first-order chi connectivity index (χ1) is 7.80. The first-order valence-corrected chi connectivity index (χ1v) is 6.70. The van der Waals surface area contributed by atoms with Gasteiger partial charge in [0.15, 0.2) is 5.58 Å². The third-order valence-corrected chi connectivity index (χ3v) is 3.65. The van der Waals surface area contributed by atoms with Gasteiger partial charge in [0, 0.05) is 10.8 Å². The van der Waals surface area contributed by atoms with E-state index in [9.17, 15) is 8.42 Å². The van der Waals surface area contributed by atoms with Crippen molar-refractivity contribution in [2.75, 3.05) is 5.75 Å². The van der Waals surface area contributed by atoms with E-state index in [1.807, 2.05) is 18.2 Å². The summed E-state index contributed by atoms with van der Waals surface area (Å²) in [5.41, 5.74) is 0.330. The molecule has 2 rings (SSSR count). The minimum absolute atomic E-state index is 0.392. The molecule has 2 aromatic rings. The lowest BCUT2D eigenvalue weighted by Crippen LogP contribution is -2.28. The van der Waals surface area contributed by atoms with Gasteiger partial charge in [0.25, 0.3) is 10.1 Å². The molecule has 0 aliphatic carbocycles. The van der Waals surface area contributed by atoms with Crippen LogP contribution in [-0.4, -0.2) is 23.9 Å². The van der Waals surface area contributed by atoms with Crippen LogP contribution < -0.4 is 0 Å². The van der Waals surface area contributed by atoms with Gasteiger partial charge < -0.3 is 4.52 Å². The lowest BCUT2D eigenvalue weighted by Gasteiger charge is -2.19. The molecule has 0 bridgehead atoms. The van der Waals surface area contributed by atoms with E-state index >= 15 is 0 Å². The second kappa shape index (κ2) is 3.82. The molecule has 0 amide bonds. The van der Waals surface area contributed by atoms with Gasteiger partial charge in [0.05, 0.1) is 11.4 Å². The maximum Gasteiger partial charge on any atom is 0.265 e. The molecule has 0 unspecified atom stereocenters. The topological polar surface area (TPSA) is 80.4 Å². The van der Waals surface area contributed by atoms with Gasteiger partial charge in [-0.3, -0.25) is 4.55 Å². The van der Waals surface area contributed by atoms with Crippen molar-refractivity contribution >= 4 is 21.1 Å². The predicted octanol–water partition coefficient (Wildman–Crippen LogP) is 1.99. The Labute approximate surface area is 99.2 Å². The molecule has 0 saturated carbocycles. The van der Waals surface area contributed by atoms with Gasteiger partial charge in [-0.1, -0.05) is 31.1 Å². The fraction of sp³-hybridized carbons (Fsp3) is 0.364. The number of benzene rings is 1. The third-order valence-electron chi connectivity index (χ3n) is 2.56. The van der Waals surface area contributed by atoms with Crippen LogP contribution in [0.1, 0.15) is 19.5 Å². The summed E-state index contributed by atoms with van der Waals surface area (Å²) in [6, 6.07) is 7.21. The molecule has 1 N–H and O–H groups in total. The molecule has 0 aliphatic rings. The Balaban J connectivity index is 2.52. The molecule has 0 aliphatic heterocycles. The number of para-hydroxylation sites is 1. The van der Waals surface area contributed by atoms with Crippen molar-refractivity contribution in [3.8, 4) is 0 Å². The van der Waals surface area contributed by atoms with Gasteiger partial charge in [0.2, 0.25) is 0 Å². The van der Waals surface area contributed by atoms with Crippen molar-refractivity contribution in [2.45, 2.75) is 19.3 Å². The summed E-state index contributed by atoms with van der Waals surface area (Å²) >= 11 is 0. The van der Waals surface area contributed by atoms with E-state index in [4.69, 9.17) is 9.08 Å². The molecule has 0 saturated heterocycles. The second-order valence-corrected chi connectivity index (χ2v) is 6.09. The Kier molecular flexibility index (Phi) is 2.71. The van der Waals surface area contributed by atoms with Crippen molar-refractivity contribution in [3.05, 3.63) is 30.0 Å². The zero-order valence-electron chi connectivity index (χ0n) is 9.54. The van der Waals surface area contributed by atoms with Gasteiger partial charge in [-0.2, -0.15) is 8.42 Å². The van der Waals surface area contributed by atoms with Crippen LogP contribution in [0.4, 0.5) is 0 Å². The van der Waals surface area contributed by atoms with Crippen LogP contribution >= 0.6 is 0 Å². The summed E-state index contributed by atoms with van der Waals surface area (Å²) in [7, 11) is -4.06. The molecule has 1 heterocycles. The summed E-state index contributed by atoms with van der Waals surface area (Å²) in [4.78, 5) is 0. The normalized spacial score (nSPS) is 13.1. The summed E-state index contributed by atoms with van der Waals surface area (Å²) in [5.74, 6) is -0.392. The van der Waals surface area contributed by atoms with Gasteiger partial charge in [-0.05, 0) is 12.1 Å². The van der Waals surface area contributed by atoms with Crippen LogP contribution in [0.15, 0.2) is 28.8 Å². The molecule has 0 atom stereocenters. The van der Waals surface area contributed by atoms with E-state index in [1.54, 1.807) is 19.9 Å². The molecule has 17 heavy (non-hydrogen) atoms. The zero-order chi connectivity index (χ0) is 12.7. The highest BCUT2D eigenvalue weighted by Gasteiger charge is 2.31. The first kappa shape index (κ1) is 12.1. The molecule has 0 fully saturated rings. The van der Waals surface area contributed by atoms with Crippen molar-refractivity contribution in [2.24, 2.45) is 0 Å². The highest BCUT2D eigenvalue weighted by Crippen LogP contribution is 2.30. The number of nitrogens with zero attached hydrogens (tertiary/aromatic N) is 1. The fourth-order valence-electron chi connectivity index (χ4n) is 1.90. The third kappa shape index (κ3) is 2.48. The van der Waals surface area contributed by atoms with Gasteiger partial charge >= 0.3 is 0 Å². The van der Waals surface area contributed by atoms with Crippen LogP contribution in [-0.2, 0) is 15.5 Å². The number of fused-ring (bicyclic) bond motifs is 1. The van der Waals surface area contributed by atoms with E-state index in [0.717, 1.165) is 5.39 Å². The van der Waals surface area contributed by atoms with E-state index in [1.165, 1.54) is 0 Å². The monoisotopic (exact) mass is 255 g/mol. The smallest absolute Gasteiger partial charge is 0.265 e. The average Bonchev–Trinajstić information content (AvgIpc) is 2.57. The number of hydrogen-bond donors (Lipinski definition) is 1. The Bertz CT molecular complexity index is 642. The van der Waals surface area contributed by atoms with E-state index in [2.05, 4.69) is 5.16 Å². The minimum Gasteiger partial charge on any atom is -0.356 e. The first-order valence-electron chi connectivity index (χ1n) is 5.10. The van der Waals surface area contributed by atoms with Gasteiger partial charge in [-0.25, -0.2) is 0 Å². The summed E-state index contributed by atoms with van der Waals surface area (Å²) in [5, 5.41) is 4.67. The lowest BCUT2D eigenvalue weighted by molar-refractivity contribution is 0.411. The summed E-state index contributed by atoms with van der Waals surface area (Å²) in [6.45, 7) is 3.40. The van der Waals surface area contributed by atoms with Crippen molar-refractivity contribution in [1.82, 2.24) is 5.16 Å². The Morgan fingerprint density at radius 1 is 1.35 bits per heavy atom. The van der Waals surface area contributed by atoms with Crippen molar-refractivity contribution in [1.29, 1.82) is 0 Å². The number of aromatic nitrogens is 1. The van der Waals surface area contributed by atoms with Gasteiger partial charge in [-0.15, -0.1) is 0 Å². The molecular formula is C11H13NO4S. The molecule has 5 nitrogen and oxygen atoms in total. The molecular weight excluding hydrogens is 242 g/mol. The lowest BCUT2D eigenvalue weighted by atomic mass is 9.89. The molecule has 1 aromatic heterocycles. The van der Waals surface area contributed by atoms with Crippen LogP contribution in [0.5, 0.6) is 0 Å². The van der Waals surface area contributed by atoms with E-state index in [0.29, 0.717) is 11.3 Å². The highest BCUT2D eigenvalue weighted by atomic mass is 32.2. The highest BCUT2D eigenvalue weighted by molar-refractivity contribution is 7.85.